The minimum Gasteiger partial charge on any atom is -0.339 e. The summed E-state index contributed by atoms with van der Waals surface area (Å²) in [6, 6.07) is 9.28. The number of rotatable bonds is 6. The summed E-state index contributed by atoms with van der Waals surface area (Å²) in [6.07, 6.45) is 3.50. The first-order chi connectivity index (χ1) is 13.1. The summed E-state index contributed by atoms with van der Waals surface area (Å²) in [6.45, 7) is 5.48. The molecule has 0 radical (unpaired) electrons. The lowest BCUT2D eigenvalue weighted by atomic mass is 9.95. The molecule has 7 heteroatoms. The van der Waals surface area contributed by atoms with Crippen LogP contribution in [0, 0.1) is 5.92 Å². The second-order valence-electron chi connectivity index (χ2n) is 7.06. The van der Waals surface area contributed by atoms with Crippen molar-refractivity contribution in [2.75, 3.05) is 18.4 Å². The van der Waals surface area contributed by atoms with Gasteiger partial charge in [0.05, 0.1) is 0 Å². The molecule has 0 aliphatic carbocycles. The third kappa shape index (κ3) is 4.91. The number of hydrogen-bond acceptors (Lipinski definition) is 5. The molecular formula is C20H26N4O2S. The van der Waals surface area contributed by atoms with Crippen LogP contribution in [0.25, 0.3) is 0 Å². The van der Waals surface area contributed by atoms with Crippen molar-refractivity contribution in [3.63, 3.8) is 0 Å². The van der Waals surface area contributed by atoms with Gasteiger partial charge >= 0.3 is 0 Å². The van der Waals surface area contributed by atoms with E-state index in [1.54, 1.807) is 0 Å². The van der Waals surface area contributed by atoms with Crippen LogP contribution >= 0.6 is 11.3 Å². The Labute approximate surface area is 164 Å². The van der Waals surface area contributed by atoms with E-state index in [1.807, 2.05) is 35.2 Å². The van der Waals surface area contributed by atoms with Crippen molar-refractivity contribution in [1.82, 2.24) is 15.1 Å². The molecule has 1 aromatic carbocycles. The number of likely N-dealkylation sites (tertiary alicyclic amines) is 1. The molecule has 0 saturated carbocycles. The topological polar surface area (TPSA) is 75.2 Å². The lowest BCUT2D eigenvalue weighted by molar-refractivity contribution is -0.121. The summed E-state index contributed by atoms with van der Waals surface area (Å²) >= 11 is 1.46. The molecule has 3 rings (SSSR count). The van der Waals surface area contributed by atoms with E-state index in [4.69, 9.17) is 0 Å². The van der Waals surface area contributed by atoms with Gasteiger partial charge in [-0.15, -0.1) is 10.2 Å². The minimum atomic E-state index is -0.0924. The molecule has 1 saturated heterocycles. The number of nitrogens with one attached hydrogen (secondary N) is 1. The molecule has 27 heavy (non-hydrogen) atoms. The van der Waals surface area contributed by atoms with Crippen LogP contribution in [0.1, 0.15) is 60.8 Å². The number of carbonyl (C=O) groups is 2. The van der Waals surface area contributed by atoms with Crippen molar-refractivity contribution >= 4 is 28.3 Å². The summed E-state index contributed by atoms with van der Waals surface area (Å²) in [7, 11) is 0. The Kier molecular flexibility index (Phi) is 6.55. The molecular weight excluding hydrogens is 360 g/mol. The van der Waals surface area contributed by atoms with Gasteiger partial charge in [-0.05, 0) is 31.4 Å². The van der Waals surface area contributed by atoms with Crippen LogP contribution in [0.3, 0.4) is 0 Å². The largest absolute Gasteiger partial charge is 0.339 e. The number of anilines is 1. The fourth-order valence-electron chi connectivity index (χ4n) is 3.36. The van der Waals surface area contributed by atoms with Crippen LogP contribution in [-0.2, 0) is 4.79 Å². The lowest BCUT2D eigenvalue weighted by Crippen LogP contribution is -2.41. The zero-order valence-corrected chi connectivity index (χ0v) is 16.7. The zero-order valence-electron chi connectivity index (χ0n) is 15.9. The maximum Gasteiger partial charge on any atom is 0.253 e. The second kappa shape index (κ2) is 9.08. The van der Waals surface area contributed by atoms with Gasteiger partial charge in [-0.2, -0.15) is 0 Å². The highest BCUT2D eigenvalue weighted by Crippen LogP contribution is 2.27. The molecule has 0 spiro atoms. The van der Waals surface area contributed by atoms with E-state index in [2.05, 4.69) is 29.4 Å². The summed E-state index contributed by atoms with van der Waals surface area (Å²) < 4.78 is 0. The molecule has 2 amide bonds. The zero-order chi connectivity index (χ0) is 19.2. The van der Waals surface area contributed by atoms with Crippen molar-refractivity contribution in [2.45, 2.75) is 45.4 Å². The highest BCUT2D eigenvalue weighted by atomic mass is 32.1. The average molecular weight is 387 g/mol. The molecule has 144 valence electrons. The third-order valence-electron chi connectivity index (χ3n) is 4.99. The third-order valence-corrected chi connectivity index (χ3v) is 6.06. The van der Waals surface area contributed by atoms with E-state index in [-0.39, 0.29) is 17.7 Å². The highest BCUT2D eigenvalue weighted by Gasteiger charge is 2.28. The first kappa shape index (κ1) is 19.5. The number of nitrogens with zero attached hydrogens (tertiary/aromatic N) is 3. The molecule has 1 aromatic heterocycles. The SMILES string of the molecule is CCC[C@H](C)c1nnc(NC(=O)C2CCN(C(=O)c3ccccc3)CC2)s1. The fourth-order valence-corrected chi connectivity index (χ4v) is 4.19. The van der Waals surface area contributed by atoms with Crippen LogP contribution < -0.4 is 5.32 Å². The molecule has 2 heterocycles. The molecule has 1 atom stereocenters. The first-order valence-corrected chi connectivity index (χ1v) is 10.4. The number of aromatic nitrogens is 2. The molecule has 1 aliphatic rings. The van der Waals surface area contributed by atoms with Crippen molar-refractivity contribution in [3.05, 3.63) is 40.9 Å². The van der Waals surface area contributed by atoms with Crippen molar-refractivity contribution in [3.8, 4) is 0 Å². The van der Waals surface area contributed by atoms with E-state index in [1.165, 1.54) is 11.3 Å². The smallest absolute Gasteiger partial charge is 0.253 e. The van der Waals surface area contributed by atoms with Gasteiger partial charge in [-0.3, -0.25) is 9.59 Å². The van der Waals surface area contributed by atoms with Gasteiger partial charge in [0.25, 0.3) is 5.91 Å². The van der Waals surface area contributed by atoms with Crippen molar-refractivity contribution in [1.29, 1.82) is 0 Å². The Morgan fingerprint density at radius 3 is 2.59 bits per heavy atom. The van der Waals surface area contributed by atoms with Crippen molar-refractivity contribution in [2.24, 2.45) is 5.92 Å². The van der Waals surface area contributed by atoms with Crippen molar-refractivity contribution < 1.29 is 9.59 Å². The Balaban J connectivity index is 1.51. The monoisotopic (exact) mass is 386 g/mol. The van der Waals surface area contributed by atoms with Gasteiger partial charge in [-0.1, -0.05) is 49.8 Å². The molecule has 1 aliphatic heterocycles. The van der Waals surface area contributed by atoms with Crippen LogP contribution in [0.15, 0.2) is 30.3 Å². The molecule has 1 fully saturated rings. The van der Waals surface area contributed by atoms with Gasteiger partial charge in [0.2, 0.25) is 11.0 Å². The molecule has 6 nitrogen and oxygen atoms in total. The Bertz CT molecular complexity index is 769. The lowest BCUT2D eigenvalue weighted by Gasteiger charge is -2.31. The first-order valence-electron chi connectivity index (χ1n) is 9.57. The average Bonchev–Trinajstić information content (AvgIpc) is 3.17. The number of benzene rings is 1. The second-order valence-corrected chi connectivity index (χ2v) is 8.07. The number of hydrogen-bond donors (Lipinski definition) is 1. The fraction of sp³-hybridized carbons (Fsp3) is 0.500. The predicted molar refractivity (Wildman–Crippen MR) is 107 cm³/mol. The molecule has 0 bridgehead atoms. The maximum absolute atomic E-state index is 12.5. The van der Waals surface area contributed by atoms with Crippen LogP contribution in [-0.4, -0.2) is 40.0 Å². The highest BCUT2D eigenvalue weighted by molar-refractivity contribution is 7.15. The van der Waals surface area contributed by atoms with Gasteiger partial charge in [0.15, 0.2) is 0 Å². The standard InChI is InChI=1S/C20H26N4O2S/c1-3-7-14(2)18-22-23-20(27-18)21-17(25)15-10-12-24(13-11-15)19(26)16-8-5-4-6-9-16/h4-6,8-9,14-15H,3,7,10-13H2,1-2H3,(H,21,23,25)/t14-/m0/s1. The van der Waals surface area contributed by atoms with Crippen LogP contribution in [0.5, 0.6) is 0 Å². The van der Waals surface area contributed by atoms with E-state index < -0.39 is 0 Å². The quantitative estimate of drug-likeness (QED) is 0.816. The van der Waals surface area contributed by atoms with E-state index in [0.717, 1.165) is 17.8 Å². The Morgan fingerprint density at radius 2 is 1.93 bits per heavy atom. The van der Waals surface area contributed by atoms with E-state index in [0.29, 0.717) is 42.5 Å². The Hall–Kier alpha value is -2.28. The molecule has 0 unspecified atom stereocenters. The van der Waals surface area contributed by atoms with Gasteiger partial charge in [0.1, 0.15) is 5.01 Å². The summed E-state index contributed by atoms with van der Waals surface area (Å²) in [5, 5.41) is 12.8. The Morgan fingerprint density at radius 1 is 1.22 bits per heavy atom. The minimum absolute atomic E-state index is 0.0207. The van der Waals surface area contributed by atoms with Gasteiger partial charge in [-0.25, -0.2) is 0 Å². The number of carbonyl (C=O) groups excluding carboxylic acids is 2. The summed E-state index contributed by atoms with van der Waals surface area (Å²) in [4.78, 5) is 26.9. The van der Waals surface area contributed by atoms with Gasteiger partial charge in [0, 0.05) is 30.5 Å². The predicted octanol–water partition coefficient (Wildman–Crippen LogP) is 3.93. The summed E-state index contributed by atoms with van der Waals surface area (Å²) in [5.74, 6) is 0.288. The number of piperidine rings is 1. The van der Waals surface area contributed by atoms with Gasteiger partial charge < -0.3 is 10.2 Å². The molecule has 1 N–H and O–H groups in total. The normalized spacial score (nSPS) is 16.1. The molecule has 2 aromatic rings. The van der Waals surface area contributed by atoms with Crippen LogP contribution in [0.4, 0.5) is 5.13 Å². The van der Waals surface area contributed by atoms with E-state index >= 15 is 0 Å². The number of amides is 2. The maximum atomic E-state index is 12.5. The van der Waals surface area contributed by atoms with Crippen LogP contribution in [0.2, 0.25) is 0 Å². The van der Waals surface area contributed by atoms with E-state index in [9.17, 15) is 9.59 Å². The summed E-state index contributed by atoms with van der Waals surface area (Å²) in [5.41, 5.74) is 0.697.